The average Bonchev–Trinajstić information content (AvgIpc) is 3.51. The van der Waals surface area contributed by atoms with E-state index in [1.54, 1.807) is 11.8 Å². The lowest BCUT2D eigenvalue weighted by molar-refractivity contribution is -0.131. The first-order valence-corrected chi connectivity index (χ1v) is 11.6. The van der Waals surface area contributed by atoms with Gasteiger partial charge in [-0.05, 0) is 42.7 Å². The van der Waals surface area contributed by atoms with Crippen LogP contribution in [-0.4, -0.2) is 68.1 Å². The Morgan fingerprint density at radius 2 is 1.91 bits per heavy atom. The average molecular weight is 458 g/mol. The number of rotatable bonds is 6. The second-order valence-corrected chi connectivity index (χ2v) is 9.03. The zero-order valence-corrected chi connectivity index (χ0v) is 19.4. The van der Waals surface area contributed by atoms with Gasteiger partial charge in [-0.3, -0.25) is 14.2 Å². The SMILES string of the molecule is COc1ccc(Cn2nc(-c3cnn(C)c3)c3nc(N4CCN(C5CC5)C(=O)C4)ccc32)cc1. The molecule has 0 bridgehead atoms. The Labute approximate surface area is 197 Å². The first-order chi connectivity index (χ1) is 16.6. The molecule has 4 aromatic rings. The number of nitrogens with zero attached hydrogens (tertiary/aromatic N) is 7. The summed E-state index contributed by atoms with van der Waals surface area (Å²) in [5.74, 6) is 1.83. The lowest BCUT2D eigenvalue weighted by Gasteiger charge is -2.35. The molecule has 2 aliphatic rings. The summed E-state index contributed by atoms with van der Waals surface area (Å²) in [6.07, 6.45) is 6.03. The number of carbonyl (C=O) groups excluding carboxylic acids is 1. The van der Waals surface area contributed by atoms with Crippen LogP contribution >= 0.6 is 0 Å². The van der Waals surface area contributed by atoms with Gasteiger partial charge < -0.3 is 14.5 Å². The molecule has 9 heteroatoms. The number of benzene rings is 1. The Kier molecular flexibility index (Phi) is 4.97. The zero-order chi connectivity index (χ0) is 23.2. The van der Waals surface area contributed by atoms with Crippen LogP contribution in [0.4, 0.5) is 5.82 Å². The van der Waals surface area contributed by atoms with Gasteiger partial charge in [-0.15, -0.1) is 0 Å². The third-order valence-electron chi connectivity index (χ3n) is 6.62. The number of carbonyl (C=O) groups is 1. The minimum absolute atomic E-state index is 0.193. The van der Waals surface area contributed by atoms with E-state index >= 15 is 0 Å². The van der Waals surface area contributed by atoms with Crippen molar-refractivity contribution in [3.63, 3.8) is 0 Å². The molecular weight excluding hydrogens is 430 g/mol. The number of fused-ring (bicyclic) bond motifs is 1. The molecule has 4 heterocycles. The van der Waals surface area contributed by atoms with Crippen molar-refractivity contribution in [2.75, 3.05) is 31.6 Å². The number of amides is 1. The highest BCUT2D eigenvalue weighted by atomic mass is 16.5. The highest BCUT2D eigenvalue weighted by molar-refractivity contribution is 5.91. The predicted octanol–water partition coefficient (Wildman–Crippen LogP) is 2.70. The van der Waals surface area contributed by atoms with Gasteiger partial charge in [0.05, 0.1) is 31.9 Å². The topological polar surface area (TPSA) is 81.3 Å². The van der Waals surface area contributed by atoms with E-state index in [1.165, 1.54) is 0 Å². The molecular formula is C25H27N7O2. The molecule has 1 saturated heterocycles. The molecule has 0 unspecified atom stereocenters. The molecule has 2 fully saturated rings. The first kappa shape index (κ1) is 20.7. The Hall–Kier alpha value is -3.88. The zero-order valence-electron chi connectivity index (χ0n) is 19.4. The Morgan fingerprint density at radius 3 is 2.59 bits per heavy atom. The van der Waals surface area contributed by atoms with Crippen LogP contribution in [0.3, 0.4) is 0 Å². The van der Waals surface area contributed by atoms with Crippen LogP contribution in [0.2, 0.25) is 0 Å². The lowest BCUT2D eigenvalue weighted by Crippen LogP contribution is -2.51. The van der Waals surface area contributed by atoms with Gasteiger partial charge in [0.2, 0.25) is 5.91 Å². The number of aromatic nitrogens is 5. The van der Waals surface area contributed by atoms with Crippen LogP contribution in [-0.2, 0) is 18.4 Å². The second-order valence-electron chi connectivity index (χ2n) is 9.03. The quantitative estimate of drug-likeness (QED) is 0.443. The van der Waals surface area contributed by atoms with Gasteiger partial charge in [-0.2, -0.15) is 10.2 Å². The fourth-order valence-corrected chi connectivity index (χ4v) is 4.64. The number of ether oxygens (including phenoxy) is 1. The number of aryl methyl sites for hydroxylation is 1. The Morgan fingerprint density at radius 1 is 1.09 bits per heavy atom. The summed E-state index contributed by atoms with van der Waals surface area (Å²) >= 11 is 0. The Bertz CT molecular complexity index is 1350. The summed E-state index contributed by atoms with van der Waals surface area (Å²) in [6, 6.07) is 12.5. The van der Waals surface area contributed by atoms with Crippen LogP contribution in [0.1, 0.15) is 18.4 Å². The van der Waals surface area contributed by atoms with Gasteiger partial charge in [0.25, 0.3) is 0 Å². The highest BCUT2D eigenvalue weighted by Crippen LogP contribution is 2.31. The Balaban J connectivity index is 1.36. The molecule has 1 saturated carbocycles. The number of piperazine rings is 1. The molecule has 1 aliphatic carbocycles. The van der Waals surface area contributed by atoms with Gasteiger partial charge in [0, 0.05) is 37.9 Å². The molecule has 0 atom stereocenters. The summed E-state index contributed by atoms with van der Waals surface area (Å²) < 4.78 is 9.03. The highest BCUT2D eigenvalue weighted by Gasteiger charge is 2.36. The molecule has 6 rings (SSSR count). The van der Waals surface area contributed by atoms with Crippen molar-refractivity contribution >= 4 is 22.8 Å². The fraction of sp³-hybridized carbons (Fsp3) is 0.360. The third-order valence-corrected chi connectivity index (χ3v) is 6.62. The lowest BCUT2D eigenvalue weighted by atomic mass is 10.2. The van der Waals surface area contributed by atoms with Crippen molar-refractivity contribution in [3.05, 3.63) is 54.4 Å². The van der Waals surface area contributed by atoms with Gasteiger partial charge in [-0.1, -0.05) is 12.1 Å². The number of hydrogen-bond donors (Lipinski definition) is 0. The summed E-state index contributed by atoms with van der Waals surface area (Å²) in [5.41, 5.74) is 4.59. The van der Waals surface area contributed by atoms with E-state index in [0.29, 0.717) is 19.1 Å². The van der Waals surface area contributed by atoms with Gasteiger partial charge >= 0.3 is 0 Å². The monoisotopic (exact) mass is 457 g/mol. The van der Waals surface area contributed by atoms with Gasteiger partial charge in [0.1, 0.15) is 22.8 Å². The van der Waals surface area contributed by atoms with Crippen molar-refractivity contribution in [1.82, 2.24) is 29.4 Å². The van der Waals surface area contributed by atoms with Crippen molar-refractivity contribution in [1.29, 1.82) is 0 Å². The molecule has 0 N–H and O–H groups in total. The summed E-state index contributed by atoms with van der Waals surface area (Å²) in [4.78, 5) is 21.8. The maximum atomic E-state index is 12.7. The van der Waals surface area contributed by atoms with E-state index in [0.717, 1.165) is 65.4 Å². The second kappa shape index (κ2) is 8.16. The van der Waals surface area contributed by atoms with E-state index in [-0.39, 0.29) is 5.91 Å². The minimum Gasteiger partial charge on any atom is -0.497 e. The largest absolute Gasteiger partial charge is 0.497 e. The normalized spacial score (nSPS) is 16.5. The number of anilines is 1. The van der Waals surface area contributed by atoms with E-state index in [1.807, 2.05) is 59.4 Å². The van der Waals surface area contributed by atoms with Gasteiger partial charge in [-0.25, -0.2) is 4.98 Å². The molecule has 174 valence electrons. The number of pyridine rings is 1. The maximum absolute atomic E-state index is 12.7. The van der Waals surface area contributed by atoms with Crippen molar-refractivity contribution in [2.24, 2.45) is 7.05 Å². The van der Waals surface area contributed by atoms with E-state index in [4.69, 9.17) is 14.8 Å². The van der Waals surface area contributed by atoms with Crippen LogP contribution in [0.5, 0.6) is 5.75 Å². The fourth-order valence-electron chi connectivity index (χ4n) is 4.64. The summed E-state index contributed by atoms with van der Waals surface area (Å²) in [5, 5.41) is 9.26. The van der Waals surface area contributed by atoms with Crippen molar-refractivity contribution in [2.45, 2.75) is 25.4 Å². The van der Waals surface area contributed by atoms with Crippen molar-refractivity contribution in [3.8, 4) is 17.0 Å². The smallest absolute Gasteiger partial charge is 0.242 e. The van der Waals surface area contributed by atoms with Crippen LogP contribution in [0.25, 0.3) is 22.3 Å². The summed E-state index contributed by atoms with van der Waals surface area (Å²) in [6.45, 7) is 2.54. The van der Waals surface area contributed by atoms with Gasteiger partial charge in [0.15, 0.2) is 0 Å². The molecule has 3 aromatic heterocycles. The first-order valence-electron chi connectivity index (χ1n) is 11.6. The number of methoxy groups -OCH3 is 1. The molecule has 0 spiro atoms. The van der Waals surface area contributed by atoms with Crippen LogP contribution in [0.15, 0.2) is 48.8 Å². The summed E-state index contributed by atoms with van der Waals surface area (Å²) in [7, 11) is 3.56. The van der Waals surface area contributed by atoms with E-state index in [9.17, 15) is 4.79 Å². The van der Waals surface area contributed by atoms with Crippen LogP contribution in [0, 0.1) is 0 Å². The molecule has 1 aliphatic heterocycles. The molecule has 34 heavy (non-hydrogen) atoms. The molecule has 1 amide bonds. The van der Waals surface area contributed by atoms with Crippen LogP contribution < -0.4 is 9.64 Å². The van der Waals surface area contributed by atoms with E-state index in [2.05, 4.69) is 16.1 Å². The predicted molar refractivity (Wildman–Crippen MR) is 129 cm³/mol. The standard InChI is InChI=1S/C25H27N7O2/c1-29-15-18(13-26-29)24-25-21(32(28-24)14-17-3-7-20(34-2)8-4-17)9-10-22(27-25)30-11-12-31(19-5-6-19)23(33)16-30/h3-4,7-10,13,15,19H,5-6,11-12,14,16H2,1-2H3. The third kappa shape index (κ3) is 3.76. The van der Waals surface area contributed by atoms with E-state index < -0.39 is 0 Å². The number of hydrogen-bond acceptors (Lipinski definition) is 6. The molecule has 1 aromatic carbocycles. The maximum Gasteiger partial charge on any atom is 0.242 e. The molecule has 9 nitrogen and oxygen atoms in total. The minimum atomic E-state index is 0.193. The van der Waals surface area contributed by atoms with Crippen molar-refractivity contribution < 1.29 is 9.53 Å². The molecule has 0 radical (unpaired) electrons.